The minimum absolute atomic E-state index is 0.0791. The Balaban J connectivity index is 0.000000146. The molecule has 0 aliphatic carbocycles. The van der Waals surface area contributed by atoms with E-state index >= 15 is 0 Å². The molecule has 570 valence electrons. The third kappa shape index (κ3) is 17.3. The molecular formula is C90H84F9N9O3. The second-order valence-electron chi connectivity index (χ2n) is 28.5. The first-order chi connectivity index (χ1) is 53.2. The number of benzene rings is 9. The summed E-state index contributed by atoms with van der Waals surface area (Å²) in [6, 6.07) is 73.9. The van der Waals surface area contributed by atoms with E-state index in [1.807, 2.05) is 224 Å². The fourth-order valence-electron chi connectivity index (χ4n) is 15.6. The van der Waals surface area contributed by atoms with Crippen molar-refractivity contribution in [2.24, 2.45) is 0 Å². The summed E-state index contributed by atoms with van der Waals surface area (Å²) in [5.41, 5.74) is 10.4. The van der Waals surface area contributed by atoms with Gasteiger partial charge in [0.15, 0.2) is 0 Å². The molecule has 9 aromatic carbocycles. The van der Waals surface area contributed by atoms with E-state index in [-0.39, 0.29) is 52.9 Å². The van der Waals surface area contributed by atoms with Gasteiger partial charge >= 0.3 is 18.5 Å². The number of hydrogen-bond donors (Lipinski definition) is 0. The highest BCUT2D eigenvalue weighted by molar-refractivity contribution is 5.40. The smallest absolute Gasteiger partial charge is 0.292 e. The van der Waals surface area contributed by atoms with Crippen LogP contribution in [0.1, 0.15) is 175 Å². The van der Waals surface area contributed by atoms with Gasteiger partial charge < -0.3 is 0 Å². The number of hydrogen-bond acceptors (Lipinski definition) is 9. The Labute approximate surface area is 638 Å². The molecule has 12 aromatic rings. The van der Waals surface area contributed by atoms with E-state index in [1.54, 1.807) is 13.7 Å². The van der Waals surface area contributed by atoms with Crippen molar-refractivity contribution in [2.45, 2.75) is 135 Å². The van der Waals surface area contributed by atoms with Gasteiger partial charge in [0.1, 0.15) is 17.5 Å². The highest BCUT2D eigenvalue weighted by Gasteiger charge is 2.37. The average molecular weight is 1510 g/mol. The van der Waals surface area contributed by atoms with E-state index in [1.165, 1.54) is 36.4 Å². The summed E-state index contributed by atoms with van der Waals surface area (Å²) in [6.45, 7) is 14.7. The zero-order valence-electron chi connectivity index (χ0n) is 62.2. The standard InChI is InChI=1S/3C30H28F3N3O/c3*1-20(22-13-15-25(16-14-22)30(31,32)33)35-18-17-27-26(19-35)29(37)36(21(2)34-27)28(23-9-5-3-6-10-23)24-11-7-4-8-12-24/h3*3-16,20,28H,17-19H2,1-2H3/t2*20-;/m10./s1. The van der Waals surface area contributed by atoms with Crippen molar-refractivity contribution in [3.8, 4) is 0 Å². The molecule has 111 heavy (non-hydrogen) atoms. The number of nitrogens with zero attached hydrogens (tertiary/aromatic N) is 9. The van der Waals surface area contributed by atoms with E-state index in [9.17, 15) is 53.9 Å². The summed E-state index contributed by atoms with van der Waals surface area (Å²) in [6.07, 6.45) is -11.3. The zero-order valence-corrected chi connectivity index (χ0v) is 62.2. The van der Waals surface area contributed by atoms with Crippen LogP contribution in [0.2, 0.25) is 0 Å². The molecule has 0 spiro atoms. The van der Waals surface area contributed by atoms with Crippen LogP contribution < -0.4 is 16.7 Å². The van der Waals surface area contributed by atoms with Gasteiger partial charge in [0.05, 0.1) is 68.6 Å². The molecular weight excluding hydrogens is 1430 g/mol. The van der Waals surface area contributed by atoms with Crippen molar-refractivity contribution in [1.29, 1.82) is 0 Å². The molecule has 3 atom stereocenters. The Morgan fingerprint density at radius 1 is 0.279 bits per heavy atom. The van der Waals surface area contributed by atoms with Crippen LogP contribution in [0.5, 0.6) is 0 Å². The fraction of sp³-hybridized carbons (Fsp3) is 0.267. The van der Waals surface area contributed by atoms with Crippen molar-refractivity contribution in [3.05, 3.63) is 404 Å². The summed E-state index contributed by atoms with van der Waals surface area (Å²) in [5.74, 6) is 1.97. The minimum atomic E-state index is -4.37. The fourth-order valence-corrected chi connectivity index (χ4v) is 15.6. The normalized spacial score (nSPS) is 15.0. The molecule has 0 radical (unpaired) electrons. The monoisotopic (exact) mass is 1510 g/mol. The van der Waals surface area contributed by atoms with Gasteiger partial charge in [-0.2, -0.15) is 39.5 Å². The molecule has 21 heteroatoms. The molecule has 0 saturated heterocycles. The van der Waals surface area contributed by atoms with Gasteiger partial charge in [-0.15, -0.1) is 0 Å². The molecule has 0 fully saturated rings. The SMILES string of the molecule is Cc1nc2c(c(=O)n1C(c1ccccc1)c1ccccc1)CN(C(C)c1ccc(C(F)(F)F)cc1)CC2.Cc1nc2c(c(=O)n1C(c1ccccc1)c1ccccc1)CN([C@@H](C)c1ccc(C(F)(F)F)cc1)CC2.Cc1nc2c(c(=O)n1C(c1ccccc1)c1ccccc1)CN([C@H](C)c1ccc(C(F)(F)F)cc1)CC2. The molecule has 3 aliphatic rings. The number of aryl methyl sites for hydroxylation is 3. The highest BCUT2D eigenvalue weighted by Crippen LogP contribution is 2.38. The van der Waals surface area contributed by atoms with E-state index in [2.05, 4.69) is 14.7 Å². The topological polar surface area (TPSA) is 114 Å². The predicted molar refractivity (Wildman–Crippen MR) is 412 cm³/mol. The summed E-state index contributed by atoms with van der Waals surface area (Å²) in [7, 11) is 0. The molecule has 0 bridgehead atoms. The Bertz CT molecular complexity index is 4710. The summed E-state index contributed by atoms with van der Waals surface area (Å²) in [4.78, 5) is 63.1. The largest absolute Gasteiger partial charge is 0.416 e. The van der Waals surface area contributed by atoms with Crippen LogP contribution in [0.15, 0.2) is 269 Å². The number of alkyl halides is 9. The molecule has 0 saturated carbocycles. The summed E-state index contributed by atoms with van der Waals surface area (Å²) >= 11 is 0. The lowest BCUT2D eigenvalue weighted by Crippen LogP contribution is -2.41. The second kappa shape index (κ2) is 33.2. The maximum atomic E-state index is 14.1. The highest BCUT2D eigenvalue weighted by atomic mass is 19.4. The van der Waals surface area contributed by atoms with Crippen LogP contribution >= 0.6 is 0 Å². The quantitative estimate of drug-likeness (QED) is 0.0926. The Hall–Kier alpha value is -11.1. The van der Waals surface area contributed by atoms with Crippen molar-refractivity contribution in [3.63, 3.8) is 0 Å². The molecule has 1 unspecified atom stereocenters. The minimum Gasteiger partial charge on any atom is -0.292 e. The van der Waals surface area contributed by atoms with E-state index < -0.39 is 35.2 Å². The Kier molecular flexibility index (Phi) is 23.3. The number of fused-ring (bicyclic) bond motifs is 3. The van der Waals surface area contributed by atoms with Crippen LogP contribution in [-0.4, -0.2) is 63.0 Å². The predicted octanol–water partition coefficient (Wildman–Crippen LogP) is 19.0. The Morgan fingerprint density at radius 2 is 0.468 bits per heavy atom. The molecule has 15 rings (SSSR count). The lowest BCUT2D eigenvalue weighted by atomic mass is 9.97. The van der Waals surface area contributed by atoms with Gasteiger partial charge in [0.25, 0.3) is 16.7 Å². The van der Waals surface area contributed by atoms with Gasteiger partial charge in [-0.05, 0) is 128 Å². The molecule has 0 N–H and O–H groups in total. The molecule has 0 amide bonds. The van der Waals surface area contributed by atoms with Crippen LogP contribution in [0.25, 0.3) is 0 Å². The molecule has 3 aliphatic heterocycles. The van der Waals surface area contributed by atoms with E-state index in [4.69, 9.17) is 15.0 Å². The molecule has 3 aromatic heterocycles. The van der Waals surface area contributed by atoms with Gasteiger partial charge in [-0.1, -0.05) is 218 Å². The first-order valence-corrected chi connectivity index (χ1v) is 37.1. The summed E-state index contributed by atoms with van der Waals surface area (Å²) in [5, 5.41) is 0. The van der Waals surface area contributed by atoms with Crippen molar-refractivity contribution in [2.75, 3.05) is 19.6 Å². The number of rotatable bonds is 15. The third-order valence-electron chi connectivity index (χ3n) is 21.7. The van der Waals surface area contributed by atoms with Gasteiger partial charge in [0.2, 0.25) is 0 Å². The van der Waals surface area contributed by atoms with Crippen molar-refractivity contribution < 1.29 is 39.5 Å². The van der Waals surface area contributed by atoms with Crippen LogP contribution in [-0.2, 0) is 57.4 Å². The van der Waals surface area contributed by atoms with Gasteiger partial charge in [-0.3, -0.25) is 42.8 Å². The lowest BCUT2D eigenvalue weighted by Gasteiger charge is -2.34. The van der Waals surface area contributed by atoms with Crippen molar-refractivity contribution in [1.82, 2.24) is 43.4 Å². The maximum absolute atomic E-state index is 14.1. The lowest BCUT2D eigenvalue weighted by molar-refractivity contribution is -0.138. The van der Waals surface area contributed by atoms with Crippen LogP contribution in [0.3, 0.4) is 0 Å². The maximum Gasteiger partial charge on any atom is 0.416 e. The third-order valence-corrected chi connectivity index (χ3v) is 21.7. The number of halogens is 9. The van der Waals surface area contributed by atoms with Gasteiger partial charge in [0, 0.05) is 76.7 Å². The first kappa shape index (κ1) is 78.0. The first-order valence-electron chi connectivity index (χ1n) is 37.1. The van der Waals surface area contributed by atoms with Crippen LogP contribution in [0, 0.1) is 20.8 Å². The zero-order chi connectivity index (χ0) is 78.5. The van der Waals surface area contributed by atoms with E-state index in [0.29, 0.717) is 92.7 Å². The van der Waals surface area contributed by atoms with E-state index in [0.717, 1.165) is 104 Å². The van der Waals surface area contributed by atoms with Crippen LogP contribution in [0.4, 0.5) is 39.5 Å². The molecule has 6 heterocycles. The van der Waals surface area contributed by atoms with Gasteiger partial charge in [-0.25, -0.2) is 15.0 Å². The average Bonchev–Trinajstić information content (AvgIpc) is 0.767. The molecule has 12 nitrogen and oxygen atoms in total. The summed E-state index contributed by atoms with van der Waals surface area (Å²) < 4.78 is 122. The Morgan fingerprint density at radius 3 is 0.649 bits per heavy atom. The number of aromatic nitrogens is 6. The van der Waals surface area contributed by atoms with Crippen molar-refractivity contribution >= 4 is 0 Å². The second-order valence-corrected chi connectivity index (χ2v) is 28.5.